The van der Waals surface area contributed by atoms with Gasteiger partial charge in [0.1, 0.15) is 15.7 Å². The number of imidazole rings is 1. The topological polar surface area (TPSA) is 79.5 Å². The first-order valence-corrected chi connectivity index (χ1v) is 13.7. The highest BCUT2D eigenvalue weighted by atomic mass is 32.2. The molecule has 3 aromatic carbocycles. The third kappa shape index (κ3) is 4.88. The van der Waals surface area contributed by atoms with Crippen molar-refractivity contribution in [3.05, 3.63) is 82.5 Å². The van der Waals surface area contributed by atoms with E-state index < -0.39 is 15.9 Å². The van der Waals surface area contributed by atoms with Crippen LogP contribution in [0.2, 0.25) is 0 Å². The molecule has 9 heteroatoms. The van der Waals surface area contributed by atoms with Gasteiger partial charge in [0.2, 0.25) is 0 Å². The zero-order chi connectivity index (χ0) is 26.0. The highest BCUT2D eigenvalue weighted by Gasteiger charge is 2.26. The molecular weight excluding hydrogens is 483 g/mol. The van der Waals surface area contributed by atoms with Crippen LogP contribution >= 0.6 is 0 Å². The zero-order valence-corrected chi connectivity index (χ0v) is 21.5. The molecule has 1 atom stereocenters. The Balaban J connectivity index is 1.97. The molecule has 0 aliphatic carbocycles. The molecule has 36 heavy (non-hydrogen) atoms. The molecule has 0 fully saturated rings. The minimum absolute atomic E-state index is 0.289. The average molecular weight is 513 g/mol. The third-order valence-corrected chi connectivity index (χ3v) is 7.03. The molecule has 0 spiro atoms. The summed E-state index contributed by atoms with van der Waals surface area (Å²) in [6.07, 6.45) is 1.15. The van der Waals surface area contributed by atoms with Gasteiger partial charge in [0.05, 0.1) is 36.5 Å². The fraction of sp³-hybridized carbons (Fsp3) is 0.296. The number of methoxy groups -OCH3 is 1. The molecule has 0 saturated heterocycles. The van der Waals surface area contributed by atoms with Crippen LogP contribution in [-0.2, 0) is 16.4 Å². The van der Waals surface area contributed by atoms with Crippen molar-refractivity contribution in [1.82, 2.24) is 9.13 Å². The fourth-order valence-corrected chi connectivity index (χ4v) is 5.44. The van der Waals surface area contributed by atoms with Crippen molar-refractivity contribution < 1.29 is 22.3 Å². The van der Waals surface area contributed by atoms with E-state index in [1.165, 1.54) is 17.7 Å². The first-order valence-electron chi connectivity index (χ1n) is 11.7. The lowest BCUT2D eigenvalue weighted by Gasteiger charge is -2.20. The number of aryl methyl sites for hydroxylation is 1. The van der Waals surface area contributed by atoms with Gasteiger partial charge >= 0.3 is 5.69 Å². The predicted molar refractivity (Wildman–Crippen MR) is 139 cm³/mol. The lowest BCUT2D eigenvalue weighted by atomic mass is 10.0. The number of rotatable bonds is 9. The second-order valence-electron chi connectivity index (χ2n) is 8.53. The molecule has 190 valence electrons. The molecule has 0 bridgehead atoms. The summed E-state index contributed by atoms with van der Waals surface area (Å²) < 4.78 is 53.6. The van der Waals surface area contributed by atoms with Crippen molar-refractivity contribution in [3.8, 4) is 22.6 Å². The largest absolute Gasteiger partial charge is 0.493 e. The summed E-state index contributed by atoms with van der Waals surface area (Å²) in [7, 11) is -1.96. The number of ether oxygens (including phenoxy) is 2. The molecule has 1 aromatic heterocycles. The van der Waals surface area contributed by atoms with Gasteiger partial charge in [-0.25, -0.2) is 17.6 Å². The van der Waals surface area contributed by atoms with Gasteiger partial charge in [-0.05, 0) is 55.3 Å². The van der Waals surface area contributed by atoms with Crippen LogP contribution in [0.1, 0.15) is 25.5 Å². The summed E-state index contributed by atoms with van der Waals surface area (Å²) in [5, 5.41) is 0. The van der Waals surface area contributed by atoms with Crippen LogP contribution < -0.4 is 15.2 Å². The monoisotopic (exact) mass is 512 g/mol. The summed E-state index contributed by atoms with van der Waals surface area (Å²) in [5.41, 5.74) is 2.46. The number of sulfone groups is 1. The third-order valence-electron chi connectivity index (χ3n) is 6.11. The van der Waals surface area contributed by atoms with E-state index in [1.54, 1.807) is 59.2 Å². The Hall–Kier alpha value is -3.59. The van der Waals surface area contributed by atoms with Crippen LogP contribution in [0, 0.1) is 5.82 Å². The van der Waals surface area contributed by atoms with Crippen LogP contribution in [0.3, 0.4) is 0 Å². The lowest BCUT2D eigenvalue weighted by molar-refractivity contribution is 0.310. The van der Waals surface area contributed by atoms with Crippen molar-refractivity contribution >= 4 is 20.9 Å². The van der Waals surface area contributed by atoms with Gasteiger partial charge < -0.3 is 9.47 Å². The minimum Gasteiger partial charge on any atom is -0.493 e. The number of aromatic nitrogens is 2. The van der Waals surface area contributed by atoms with E-state index in [0.29, 0.717) is 52.4 Å². The summed E-state index contributed by atoms with van der Waals surface area (Å²) in [4.78, 5) is 13.7. The quantitative estimate of drug-likeness (QED) is 0.326. The van der Waals surface area contributed by atoms with E-state index in [4.69, 9.17) is 9.47 Å². The van der Waals surface area contributed by atoms with Crippen LogP contribution in [0.15, 0.2) is 65.5 Å². The Bertz CT molecular complexity index is 1570. The maximum absolute atomic E-state index is 14.5. The van der Waals surface area contributed by atoms with Crippen LogP contribution in [0.5, 0.6) is 11.5 Å². The number of fused-ring (bicyclic) bond motifs is 1. The Labute approximate surface area is 209 Å². The van der Waals surface area contributed by atoms with Crippen molar-refractivity contribution in [3.63, 3.8) is 0 Å². The average Bonchev–Trinajstić information content (AvgIpc) is 3.12. The Morgan fingerprint density at radius 2 is 1.72 bits per heavy atom. The van der Waals surface area contributed by atoms with Gasteiger partial charge in [0, 0.05) is 18.4 Å². The normalized spacial score (nSPS) is 12.6. The number of benzene rings is 3. The summed E-state index contributed by atoms with van der Waals surface area (Å²) >= 11 is 0. The highest BCUT2D eigenvalue weighted by molar-refractivity contribution is 7.90. The molecule has 4 rings (SSSR count). The van der Waals surface area contributed by atoms with Crippen LogP contribution in [-0.4, -0.2) is 43.3 Å². The summed E-state index contributed by atoms with van der Waals surface area (Å²) in [6, 6.07) is 16.1. The van der Waals surface area contributed by atoms with Crippen LogP contribution in [0.25, 0.3) is 22.2 Å². The van der Waals surface area contributed by atoms with Crippen molar-refractivity contribution in [2.75, 3.05) is 25.7 Å². The molecule has 0 aliphatic heterocycles. The molecule has 1 heterocycles. The van der Waals surface area contributed by atoms with E-state index in [1.807, 2.05) is 13.8 Å². The maximum Gasteiger partial charge on any atom is 0.329 e. The Morgan fingerprint density at radius 3 is 2.36 bits per heavy atom. The van der Waals surface area contributed by atoms with Gasteiger partial charge in [-0.15, -0.1) is 0 Å². The molecule has 1 unspecified atom stereocenters. The predicted octanol–water partition coefficient (Wildman–Crippen LogP) is 4.67. The second-order valence-corrected chi connectivity index (χ2v) is 10.7. The van der Waals surface area contributed by atoms with Gasteiger partial charge in [0.15, 0.2) is 11.5 Å². The number of hydrogen-bond acceptors (Lipinski definition) is 5. The number of halogens is 1. The molecule has 7 nitrogen and oxygen atoms in total. The molecule has 0 N–H and O–H groups in total. The van der Waals surface area contributed by atoms with Gasteiger partial charge in [0.25, 0.3) is 0 Å². The van der Waals surface area contributed by atoms with E-state index >= 15 is 0 Å². The van der Waals surface area contributed by atoms with E-state index in [-0.39, 0.29) is 17.3 Å². The molecule has 0 aliphatic rings. The fourth-order valence-electron chi connectivity index (χ4n) is 4.52. The minimum atomic E-state index is -3.49. The number of hydrogen-bond donors (Lipinski definition) is 0. The SMILES string of the molecule is CCOc1cc(C(CS(C)(=O)=O)n2c(=O)n(CC)c3cc(-c4ccccc4F)ccc32)ccc1OC. The van der Waals surface area contributed by atoms with E-state index in [2.05, 4.69) is 0 Å². The summed E-state index contributed by atoms with van der Waals surface area (Å²) in [6.45, 7) is 4.44. The smallest absolute Gasteiger partial charge is 0.329 e. The van der Waals surface area contributed by atoms with Crippen molar-refractivity contribution in [1.29, 1.82) is 0 Å². The molecule has 4 aromatic rings. The van der Waals surface area contributed by atoms with Crippen LogP contribution in [0.4, 0.5) is 4.39 Å². The van der Waals surface area contributed by atoms with E-state index in [9.17, 15) is 17.6 Å². The zero-order valence-electron chi connectivity index (χ0n) is 20.7. The first-order chi connectivity index (χ1) is 17.2. The second kappa shape index (κ2) is 10.2. The van der Waals surface area contributed by atoms with Crippen molar-refractivity contribution in [2.45, 2.75) is 26.4 Å². The van der Waals surface area contributed by atoms with Crippen molar-refractivity contribution in [2.24, 2.45) is 0 Å². The molecule has 0 saturated carbocycles. The Kier molecular flexibility index (Phi) is 7.21. The first kappa shape index (κ1) is 25.5. The molecule has 0 radical (unpaired) electrons. The molecule has 0 amide bonds. The standard InChI is InChI=1S/C27H29FN2O5S/c1-5-29-23-15-18(20-9-7-8-10-21(20)28)11-13-22(23)30(27(29)31)24(17-36(4,32)33)19-12-14-25(34-3)26(16-19)35-6-2/h7-16,24H,5-6,17H2,1-4H3. The lowest BCUT2D eigenvalue weighted by Crippen LogP contribution is -2.31. The van der Waals surface area contributed by atoms with Gasteiger partial charge in [-0.3, -0.25) is 9.13 Å². The van der Waals surface area contributed by atoms with E-state index in [0.717, 1.165) is 6.26 Å². The number of nitrogens with zero attached hydrogens (tertiary/aromatic N) is 2. The molecular formula is C27H29FN2O5S. The van der Waals surface area contributed by atoms with Gasteiger partial charge in [-0.1, -0.05) is 30.3 Å². The van der Waals surface area contributed by atoms with Gasteiger partial charge in [-0.2, -0.15) is 0 Å². The Morgan fingerprint density at radius 1 is 0.972 bits per heavy atom. The maximum atomic E-state index is 14.5. The highest BCUT2D eigenvalue weighted by Crippen LogP contribution is 2.34. The summed E-state index contributed by atoms with van der Waals surface area (Å²) in [5.74, 6) is 0.322.